The van der Waals surface area contributed by atoms with Crippen LogP contribution in [-0.4, -0.2) is 22.7 Å². The first kappa shape index (κ1) is 9.86. The number of nitrogens with zero attached hydrogens (tertiary/aromatic N) is 1. The molecule has 0 atom stereocenters. The highest BCUT2D eigenvalue weighted by Crippen LogP contribution is 2.27. The summed E-state index contributed by atoms with van der Waals surface area (Å²) < 4.78 is 0. The maximum absolute atomic E-state index is 11.2. The number of benzene rings is 1. The van der Waals surface area contributed by atoms with E-state index in [1.165, 1.54) is 18.2 Å². The third-order valence-corrected chi connectivity index (χ3v) is 1.59. The lowest BCUT2D eigenvalue weighted by Gasteiger charge is -2.04. The van der Waals surface area contributed by atoms with Gasteiger partial charge in [0, 0.05) is 0 Å². The van der Waals surface area contributed by atoms with E-state index in [9.17, 15) is 9.90 Å². The van der Waals surface area contributed by atoms with E-state index >= 15 is 0 Å². The fourth-order valence-corrected chi connectivity index (χ4v) is 0.930. The van der Waals surface area contributed by atoms with E-state index in [1.807, 2.05) is 0 Å². The van der Waals surface area contributed by atoms with Crippen LogP contribution in [0.5, 0.6) is 11.5 Å². The molecule has 3 N–H and O–H groups in total. The molecule has 0 spiro atoms. The monoisotopic (exact) mass is 192 g/mol. The second kappa shape index (κ2) is 4.14. The van der Waals surface area contributed by atoms with Gasteiger partial charge < -0.3 is 15.5 Å². The molecule has 0 aliphatic carbocycles. The molecule has 0 radical (unpaired) electrons. The molecule has 0 bridgehead atoms. The van der Waals surface area contributed by atoms with Crippen LogP contribution in [0.25, 0.3) is 0 Å². The molecule has 5 heteroatoms. The van der Waals surface area contributed by atoms with Gasteiger partial charge in [0.2, 0.25) is 0 Å². The van der Waals surface area contributed by atoms with E-state index in [2.05, 4.69) is 5.32 Å². The lowest BCUT2D eigenvalue weighted by atomic mass is 10.2. The number of nitriles is 1. The van der Waals surface area contributed by atoms with Crippen molar-refractivity contribution in [3.8, 4) is 17.6 Å². The molecular formula is C9H8N2O3. The van der Waals surface area contributed by atoms with Crippen LogP contribution in [0.1, 0.15) is 10.4 Å². The number of amides is 1. The van der Waals surface area contributed by atoms with Gasteiger partial charge in [-0.25, -0.2) is 0 Å². The maximum atomic E-state index is 11.2. The zero-order valence-electron chi connectivity index (χ0n) is 7.19. The molecule has 0 aromatic heterocycles. The smallest absolute Gasteiger partial charge is 0.256 e. The molecule has 0 fully saturated rings. The van der Waals surface area contributed by atoms with Gasteiger partial charge in [0.1, 0.15) is 6.54 Å². The lowest BCUT2D eigenvalue weighted by molar-refractivity contribution is 0.0955. The van der Waals surface area contributed by atoms with Gasteiger partial charge in [0.15, 0.2) is 11.5 Å². The summed E-state index contributed by atoms with van der Waals surface area (Å²) in [6, 6.07) is 5.76. The predicted octanol–water partition coefficient (Wildman–Crippen LogP) is 0.351. The van der Waals surface area contributed by atoms with Gasteiger partial charge in [-0.1, -0.05) is 6.07 Å². The number of hydrogen-bond acceptors (Lipinski definition) is 4. The molecule has 72 valence electrons. The van der Waals surface area contributed by atoms with Crippen molar-refractivity contribution in [2.24, 2.45) is 0 Å². The summed E-state index contributed by atoms with van der Waals surface area (Å²) in [4.78, 5) is 11.2. The Labute approximate surface area is 80.2 Å². The van der Waals surface area contributed by atoms with Gasteiger partial charge in [-0.15, -0.1) is 0 Å². The molecule has 0 aliphatic heterocycles. The average molecular weight is 192 g/mol. The number of nitrogens with one attached hydrogen (secondary N) is 1. The van der Waals surface area contributed by atoms with Crippen LogP contribution >= 0.6 is 0 Å². The molecule has 14 heavy (non-hydrogen) atoms. The highest BCUT2D eigenvalue weighted by molar-refractivity contribution is 5.97. The van der Waals surface area contributed by atoms with Gasteiger partial charge >= 0.3 is 0 Å². The Balaban J connectivity index is 2.91. The molecule has 1 aromatic rings. The molecule has 0 heterocycles. The van der Waals surface area contributed by atoms with Crippen LogP contribution < -0.4 is 5.32 Å². The molecule has 0 saturated carbocycles. The van der Waals surface area contributed by atoms with E-state index in [-0.39, 0.29) is 17.9 Å². The van der Waals surface area contributed by atoms with Crippen LogP contribution in [0.2, 0.25) is 0 Å². The minimum Gasteiger partial charge on any atom is -0.504 e. The molecule has 0 saturated heterocycles. The Morgan fingerprint density at radius 3 is 2.86 bits per heavy atom. The summed E-state index contributed by atoms with van der Waals surface area (Å²) in [6.07, 6.45) is 0. The summed E-state index contributed by atoms with van der Waals surface area (Å²) in [7, 11) is 0. The Kier molecular flexibility index (Phi) is 2.92. The normalized spacial score (nSPS) is 9.07. The van der Waals surface area contributed by atoms with Gasteiger partial charge in [-0.05, 0) is 12.1 Å². The van der Waals surface area contributed by atoms with Gasteiger partial charge in [0.05, 0.1) is 11.6 Å². The van der Waals surface area contributed by atoms with Crippen molar-refractivity contribution in [2.75, 3.05) is 6.54 Å². The second-order valence-electron chi connectivity index (χ2n) is 2.51. The highest BCUT2D eigenvalue weighted by Gasteiger charge is 2.12. The van der Waals surface area contributed by atoms with E-state index in [0.29, 0.717) is 0 Å². The number of phenols is 2. The molecule has 1 aromatic carbocycles. The standard InChI is InChI=1S/C9H8N2O3/c10-4-5-11-9(14)6-2-1-3-7(12)8(6)13/h1-3,12-13H,5H2,(H,11,14). The third kappa shape index (κ3) is 1.93. The summed E-state index contributed by atoms with van der Waals surface area (Å²) in [6.45, 7) is -0.145. The minimum absolute atomic E-state index is 0.0553. The van der Waals surface area contributed by atoms with Crippen molar-refractivity contribution in [3.63, 3.8) is 0 Å². The van der Waals surface area contributed by atoms with Crippen molar-refractivity contribution in [3.05, 3.63) is 23.8 Å². The van der Waals surface area contributed by atoms with Crippen molar-refractivity contribution < 1.29 is 15.0 Å². The fourth-order valence-electron chi connectivity index (χ4n) is 0.930. The molecular weight excluding hydrogens is 184 g/mol. The van der Waals surface area contributed by atoms with E-state index in [4.69, 9.17) is 10.4 Å². The molecule has 5 nitrogen and oxygen atoms in total. The number of hydrogen-bond donors (Lipinski definition) is 3. The van der Waals surface area contributed by atoms with Crippen LogP contribution in [0.4, 0.5) is 0 Å². The predicted molar refractivity (Wildman–Crippen MR) is 47.7 cm³/mol. The number of para-hydroxylation sites is 1. The summed E-state index contributed by atoms with van der Waals surface area (Å²) in [5.41, 5.74) is -0.0553. The van der Waals surface area contributed by atoms with Gasteiger partial charge in [0.25, 0.3) is 5.91 Å². The second-order valence-corrected chi connectivity index (χ2v) is 2.51. The van der Waals surface area contributed by atoms with Crippen molar-refractivity contribution in [1.82, 2.24) is 5.32 Å². The SMILES string of the molecule is N#CCNC(=O)c1cccc(O)c1O. The maximum Gasteiger partial charge on any atom is 0.256 e. The van der Waals surface area contributed by atoms with Crippen LogP contribution in [0.3, 0.4) is 0 Å². The Bertz CT molecular complexity index is 396. The minimum atomic E-state index is -0.597. The fraction of sp³-hybridized carbons (Fsp3) is 0.111. The highest BCUT2D eigenvalue weighted by atomic mass is 16.3. The van der Waals surface area contributed by atoms with Crippen LogP contribution in [-0.2, 0) is 0 Å². The molecule has 1 rings (SSSR count). The third-order valence-electron chi connectivity index (χ3n) is 1.59. The number of rotatable bonds is 2. The van der Waals surface area contributed by atoms with E-state index in [0.717, 1.165) is 0 Å². The molecule has 0 aliphatic rings. The number of carbonyl (C=O) groups excluding carboxylic acids is 1. The molecule has 1 amide bonds. The van der Waals surface area contributed by atoms with Crippen molar-refractivity contribution in [2.45, 2.75) is 0 Å². The quantitative estimate of drug-likeness (QED) is 0.465. The first-order valence-corrected chi connectivity index (χ1v) is 3.83. The first-order valence-electron chi connectivity index (χ1n) is 3.83. The largest absolute Gasteiger partial charge is 0.504 e. The lowest BCUT2D eigenvalue weighted by Crippen LogP contribution is -2.23. The first-order chi connectivity index (χ1) is 6.66. The van der Waals surface area contributed by atoms with Crippen molar-refractivity contribution >= 4 is 5.91 Å². The topological polar surface area (TPSA) is 93.4 Å². The Hall–Kier alpha value is -2.22. The summed E-state index contributed by atoms with van der Waals surface area (Å²) in [5.74, 6) is -1.45. The summed E-state index contributed by atoms with van der Waals surface area (Å²) in [5, 5.41) is 28.8. The summed E-state index contributed by atoms with van der Waals surface area (Å²) >= 11 is 0. The number of aromatic hydroxyl groups is 2. The van der Waals surface area contributed by atoms with E-state index < -0.39 is 11.7 Å². The number of phenolic OH excluding ortho intramolecular Hbond substituents is 2. The Morgan fingerprint density at radius 2 is 2.21 bits per heavy atom. The van der Waals surface area contributed by atoms with Crippen LogP contribution in [0, 0.1) is 11.3 Å². The molecule has 0 unspecified atom stereocenters. The van der Waals surface area contributed by atoms with Crippen LogP contribution in [0.15, 0.2) is 18.2 Å². The number of carbonyl (C=O) groups is 1. The van der Waals surface area contributed by atoms with Crippen molar-refractivity contribution in [1.29, 1.82) is 5.26 Å². The average Bonchev–Trinajstić information content (AvgIpc) is 2.18. The zero-order chi connectivity index (χ0) is 10.6. The van der Waals surface area contributed by atoms with Gasteiger partial charge in [-0.2, -0.15) is 5.26 Å². The zero-order valence-corrected chi connectivity index (χ0v) is 7.19. The van der Waals surface area contributed by atoms with Gasteiger partial charge in [-0.3, -0.25) is 4.79 Å². The van der Waals surface area contributed by atoms with E-state index in [1.54, 1.807) is 6.07 Å². The Morgan fingerprint density at radius 1 is 1.50 bits per heavy atom.